The van der Waals surface area contributed by atoms with Gasteiger partial charge in [-0.3, -0.25) is 0 Å². The molecule has 2 rings (SSSR count). The van der Waals surface area contributed by atoms with E-state index in [-0.39, 0.29) is 12.4 Å². The molecule has 2 aromatic carbocycles. The van der Waals surface area contributed by atoms with Gasteiger partial charge >= 0.3 is 0 Å². The third-order valence-electron chi connectivity index (χ3n) is 3.92. The van der Waals surface area contributed by atoms with Crippen molar-refractivity contribution in [3.8, 4) is 17.2 Å². The maximum absolute atomic E-state index is 10.5. The van der Waals surface area contributed by atoms with Gasteiger partial charge < -0.3 is 24.8 Å². The SMILES string of the molecule is C/C=C/c1ccc(O[C@H](C)[C@@H](O)c2ccc(O)c(CO)c2)c(OC)c1. The summed E-state index contributed by atoms with van der Waals surface area (Å²) in [6.45, 7) is 3.38. The van der Waals surface area contributed by atoms with Gasteiger partial charge in [-0.2, -0.15) is 0 Å². The fourth-order valence-electron chi connectivity index (χ4n) is 2.53. The lowest BCUT2D eigenvalue weighted by atomic mass is 10.0. The smallest absolute Gasteiger partial charge is 0.161 e. The zero-order valence-corrected chi connectivity index (χ0v) is 14.6. The lowest BCUT2D eigenvalue weighted by Crippen LogP contribution is -2.22. The lowest BCUT2D eigenvalue weighted by Gasteiger charge is -2.22. The van der Waals surface area contributed by atoms with Crippen molar-refractivity contribution in [2.24, 2.45) is 0 Å². The summed E-state index contributed by atoms with van der Waals surface area (Å²) in [7, 11) is 1.57. The Morgan fingerprint density at radius 1 is 1.12 bits per heavy atom. The monoisotopic (exact) mass is 344 g/mol. The van der Waals surface area contributed by atoms with Gasteiger partial charge in [-0.25, -0.2) is 0 Å². The second kappa shape index (κ2) is 8.55. The Morgan fingerprint density at radius 2 is 1.88 bits per heavy atom. The molecule has 0 aliphatic carbocycles. The minimum atomic E-state index is -0.925. The Kier molecular flexibility index (Phi) is 6.44. The minimum Gasteiger partial charge on any atom is -0.508 e. The molecule has 0 spiro atoms. The van der Waals surface area contributed by atoms with E-state index in [1.165, 1.54) is 6.07 Å². The van der Waals surface area contributed by atoms with Crippen LogP contribution in [0.1, 0.15) is 36.6 Å². The van der Waals surface area contributed by atoms with Crippen LogP contribution in [0.25, 0.3) is 6.08 Å². The lowest BCUT2D eigenvalue weighted by molar-refractivity contribution is 0.0450. The molecular formula is C20H24O5. The van der Waals surface area contributed by atoms with Gasteiger partial charge in [-0.1, -0.05) is 24.3 Å². The summed E-state index contributed by atoms with van der Waals surface area (Å²) in [4.78, 5) is 0. The van der Waals surface area contributed by atoms with Crippen LogP contribution >= 0.6 is 0 Å². The average Bonchev–Trinajstić information content (AvgIpc) is 2.62. The average molecular weight is 344 g/mol. The molecule has 0 aliphatic rings. The molecule has 0 saturated heterocycles. The molecule has 134 valence electrons. The first-order valence-electron chi connectivity index (χ1n) is 8.08. The normalized spacial score (nSPS) is 13.6. The summed E-state index contributed by atoms with van der Waals surface area (Å²) in [5, 5.41) is 29.4. The van der Waals surface area contributed by atoms with Crippen molar-refractivity contribution in [1.82, 2.24) is 0 Å². The van der Waals surface area contributed by atoms with Gasteiger partial charge in [0.15, 0.2) is 11.5 Å². The molecule has 0 aromatic heterocycles. The predicted molar refractivity (Wildman–Crippen MR) is 96.8 cm³/mol. The van der Waals surface area contributed by atoms with Crippen LogP contribution in [0, 0.1) is 0 Å². The summed E-state index contributed by atoms with van der Waals surface area (Å²) < 4.78 is 11.2. The van der Waals surface area contributed by atoms with Gasteiger partial charge in [-0.15, -0.1) is 0 Å². The van der Waals surface area contributed by atoms with Crippen molar-refractivity contribution >= 4 is 6.08 Å². The number of aromatic hydroxyl groups is 1. The largest absolute Gasteiger partial charge is 0.508 e. The molecule has 0 heterocycles. The Labute approximate surface area is 147 Å². The number of allylic oxidation sites excluding steroid dienone is 1. The Bertz CT molecular complexity index is 739. The standard InChI is InChI=1S/C20H24O5/c1-4-5-14-6-9-18(19(10-14)24-3)25-13(2)20(23)15-7-8-17(22)16(11-15)12-21/h4-11,13,20-23H,12H2,1-3H3/b5-4+/t13-,20-/m1/s1. The maximum atomic E-state index is 10.5. The van der Waals surface area contributed by atoms with Crippen LogP contribution in [-0.2, 0) is 6.61 Å². The van der Waals surface area contributed by atoms with Crippen LogP contribution in [0.4, 0.5) is 0 Å². The quantitative estimate of drug-likeness (QED) is 0.717. The van der Waals surface area contributed by atoms with Crippen LogP contribution in [-0.4, -0.2) is 28.5 Å². The Hall–Kier alpha value is -2.50. The van der Waals surface area contributed by atoms with Gasteiger partial charge in [0.05, 0.1) is 13.7 Å². The number of methoxy groups -OCH3 is 1. The number of benzene rings is 2. The summed E-state index contributed by atoms with van der Waals surface area (Å²) in [5.74, 6) is 1.10. The second-order valence-corrected chi connectivity index (χ2v) is 5.72. The highest BCUT2D eigenvalue weighted by molar-refractivity contribution is 5.55. The summed E-state index contributed by atoms with van der Waals surface area (Å²) >= 11 is 0. The van der Waals surface area contributed by atoms with E-state index in [4.69, 9.17) is 9.47 Å². The van der Waals surface area contributed by atoms with Crippen LogP contribution in [0.5, 0.6) is 17.2 Å². The molecule has 2 atom stereocenters. The van der Waals surface area contributed by atoms with E-state index in [1.54, 1.807) is 32.2 Å². The molecule has 0 radical (unpaired) electrons. The summed E-state index contributed by atoms with van der Waals surface area (Å²) in [6, 6.07) is 10.2. The molecule has 5 nitrogen and oxygen atoms in total. The van der Waals surface area contributed by atoms with E-state index in [1.807, 2.05) is 31.2 Å². The molecular weight excluding hydrogens is 320 g/mol. The first-order chi connectivity index (χ1) is 12.0. The molecule has 0 unspecified atom stereocenters. The first kappa shape index (κ1) is 18.8. The number of phenols is 1. The Balaban J connectivity index is 2.19. The zero-order chi connectivity index (χ0) is 18.4. The molecule has 0 aliphatic heterocycles. The van der Waals surface area contributed by atoms with Crippen molar-refractivity contribution in [3.05, 3.63) is 59.2 Å². The van der Waals surface area contributed by atoms with Crippen molar-refractivity contribution in [2.45, 2.75) is 32.7 Å². The number of hydrogen-bond acceptors (Lipinski definition) is 5. The second-order valence-electron chi connectivity index (χ2n) is 5.72. The third-order valence-corrected chi connectivity index (χ3v) is 3.92. The zero-order valence-electron chi connectivity index (χ0n) is 14.6. The first-order valence-corrected chi connectivity index (χ1v) is 8.08. The van der Waals surface area contributed by atoms with Gasteiger partial charge in [-0.05, 0) is 49.2 Å². The molecule has 0 amide bonds. The van der Waals surface area contributed by atoms with Gasteiger partial charge in [0, 0.05) is 5.56 Å². The number of aliphatic hydroxyl groups excluding tert-OH is 2. The van der Waals surface area contributed by atoms with E-state index < -0.39 is 12.2 Å². The van der Waals surface area contributed by atoms with Gasteiger partial charge in [0.25, 0.3) is 0 Å². The van der Waals surface area contributed by atoms with Gasteiger partial charge in [0.1, 0.15) is 18.0 Å². The van der Waals surface area contributed by atoms with E-state index >= 15 is 0 Å². The molecule has 2 aromatic rings. The molecule has 5 heteroatoms. The highest BCUT2D eigenvalue weighted by Gasteiger charge is 2.20. The van der Waals surface area contributed by atoms with Crippen molar-refractivity contribution in [1.29, 1.82) is 0 Å². The number of rotatable bonds is 7. The summed E-state index contributed by atoms with van der Waals surface area (Å²) in [5.41, 5.74) is 1.90. The Morgan fingerprint density at radius 3 is 2.52 bits per heavy atom. The summed E-state index contributed by atoms with van der Waals surface area (Å²) in [6.07, 6.45) is 2.41. The molecule has 0 fully saturated rings. The molecule has 0 saturated carbocycles. The van der Waals surface area contributed by atoms with Crippen LogP contribution in [0.15, 0.2) is 42.5 Å². The van der Waals surface area contributed by atoms with E-state index in [0.717, 1.165) is 5.56 Å². The van der Waals surface area contributed by atoms with Crippen molar-refractivity contribution < 1.29 is 24.8 Å². The number of aliphatic hydroxyl groups is 2. The van der Waals surface area contributed by atoms with E-state index in [0.29, 0.717) is 22.6 Å². The highest BCUT2D eigenvalue weighted by Crippen LogP contribution is 2.32. The van der Waals surface area contributed by atoms with Crippen LogP contribution in [0.3, 0.4) is 0 Å². The fraction of sp³-hybridized carbons (Fsp3) is 0.300. The highest BCUT2D eigenvalue weighted by atomic mass is 16.5. The topological polar surface area (TPSA) is 79.2 Å². The fourth-order valence-corrected chi connectivity index (χ4v) is 2.53. The van der Waals surface area contributed by atoms with Crippen molar-refractivity contribution in [2.75, 3.05) is 7.11 Å². The maximum Gasteiger partial charge on any atom is 0.161 e. The molecule has 3 N–H and O–H groups in total. The number of ether oxygens (including phenoxy) is 2. The van der Waals surface area contributed by atoms with Crippen LogP contribution < -0.4 is 9.47 Å². The van der Waals surface area contributed by atoms with Gasteiger partial charge in [0.2, 0.25) is 0 Å². The number of hydrogen-bond donors (Lipinski definition) is 3. The van der Waals surface area contributed by atoms with Crippen molar-refractivity contribution in [3.63, 3.8) is 0 Å². The van der Waals surface area contributed by atoms with Crippen LogP contribution in [0.2, 0.25) is 0 Å². The molecule has 0 bridgehead atoms. The van der Waals surface area contributed by atoms with E-state index in [2.05, 4.69) is 0 Å². The molecule has 25 heavy (non-hydrogen) atoms. The minimum absolute atomic E-state index is 0.00624. The third kappa shape index (κ3) is 4.53. The van der Waals surface area contributed by atoms with E-state index in [9.17, 15) is 15.3 Å². The predicted octanol–water partition coefficient (Wildman–Crippen LogP) is 3.43.